The minimum atomic E-state index is -0.321. The lowest BCUT2D eigenvalue weighted by atomic mass is 10.1. The highest BCUT2D eigenvalue weighted by Crippen LogP contribution is 2.22. The zero-order chi connectivity index (χ0) is 9.84. The SMILES string of the molecule is CCc1cc(Br)c(F)c(CC#N)c1. The second-order valence-electron chi connectivity index (χ2n) is 2.74. The van der Waals surface area contributed by atoms with Gasteiger partial charge in [0.15, 0.2) is 0 Å². The first-order valence-corrected chi connectivity index (χ1v) is 4.82. The van der Waals surface area contributed by atoms with Gasteiger partial charge in [-0.25, -0.2) is 4.39 Å². The average Bonchev–Trinajstić information content (AvgIpc) is 2.13. The van der Waals surface area contributed by atoms with Gasteiger partial charge in [-0.3, -0.25) is 0 Å². The number of nitriles is 1. The predicted octanol–water partition coefficient (Wildman–Crippen LogP) is 3.22. The van der Waals surface area contributed by atoms with Crippen LogP contribution in [0.3, 0.4) is 0 Å². The number of rotatable bonds is 2. The fraction of sp³-hybridized carbons (Fsp3) is 0.300. The van der Waals surface area contributed by atoms with Crippen molar-refractivity contribution < 1.29 is 4.39 Å². The molecule has 0 atom stereocenters. The van der Waals surface area contributed by atoms with Gasteiger partial charge in [0.25, 0.3) is 0 Å². The Morgan fingerprint density at radius 2 is 2.23 bits per heavy atom. The topological polar surface area (TPSA) is 23.8 Å². The van der Waals surface area contributed by atoms with E-state index in [4.69, 9.17) is 5.26 Å². The van der Waals surface area contributed by atoms with Gasteiger partial charge in [0.05, 0.1) is 17.0 Å². The van der Waals surface area contributed by atoms with Gasteiger partial charge in [-0.15, -0.1) is 0 Å². The van der Waals surface area contributed by atoms with Crippen LogP contribution in [0.15, 0.2) is 16.6 Å². The number of halogens is 2. The van der Waals surface area contributed by atoms with Gasteiger partial charge >= 0.3 is 0 Å². The number of hydrogen-bond donors (Lipinski definition) is 0. The third-order valence-electron chi connectivity index (χ3n) is 1.84. The highest BCUT2D eigenvalue weighted by Gasteiger charge is 2.07. The summed E-state index contributed by atoms with van der Waals surface area (Å²) >= 11 is 3.12. The highest BCUT2D eigenvalue weighted by atomic mass is 79.9. The van der Waals surface area contributed by atoms with Crippen LogP contribution in [0.1, 0.15) is 18.1 Å². The summed E-state index contributed by atoms with van der Waals surface area (Å²) in [4.78, 5) is 0. The Morgan fingerprint density at radius 1 is 1.54 bits per heavy atom. The van der Waals surface area contributed by atoms with Crippen molar-refractivity contribution in [3.8, 4) is 6.07 Å². The molecule has 0 radical (unpaired) electrons. The largest absolute Gasteiger partial charge is 0.205 e. The lowest BCUT2D eigenvalue weighted by molar-refractivity contribution is 0.607. The molecule has 68 valence electrons. The van der Waals surface area contributed by atoms with E-state index in [0.717, 1.165) is 12.0 Å². The monoisotopic (exact) mass is 241 g/mol. The van der Waals surface area contributed by atoms with Crippen LogP contribution in [0.25, 0.3) is 0 Å². The Morgan fingerprint density at radius 3 is 2.77 bits per heavy atom. The maximum Gasteiger partial charge on any atom is 0.141 e. The molecule has 1 rings (SSSR count). The zero-order valence-electron chi connectivity index (χ0n) is 7.27. The minimum Gasteiger partial charge on any atom is -0.205 e. The van der Waals surface area contributed by atoms with Gasteiger partial charge in [0.2, 0.25) is 0 Å². The normalized spacial score (nSPS) is 9.69. The predicted molar refractivity (Wildman–Crippen MR) is 52.8 cm³/mol. The van der Waals surface area contributed by atoms with Gasteiger partial charge in [0.1, 0.15) is 5.82 Å². The van der Waals surface area contributed by atoms with Crippen LogP contribution in [0.4, 0.5) is 4.39 Å². The van der Waals surface area contributed by atoms with Crippen molar-refractivity contribution in [2.45, 2.75) is 19.8 Å². The smallest absolute Gasteiger partial charge is 0.141 e. The first kappa shape index (κ1) is 10.2. The van der Waals surface area contributed by atoms with E-state index < -0.39 is 0 Å². The fourth-order valence-corrected chi connectivity index (χ4v) is 1.67. The molecule has 0 aromatic heterocycles. The van der Waals surface area contributed by atoms with Crippen LogP contribution >= 0.6 is 15.9 Å². The second kappa shape index (κ2) is 4.38. The molecule has 1 nitrogen and oxygen atoms in total. The molecular formula is C10H9BrFN. The molecule has 0 N–H and O–H groups in total. The molecule has 0 unspecified atom stereocenters. The molecule has 1 aromatic rings. The third-order valence-corrected chi connectivity index (χ3v) is 2.42. The molecule has 0 bridgehead atoms. The highest BCUT2D eigenvalue weighted by molar-refractivity contribution is 9.10. The number of nitrogens with zero attached hydrogens (tertiary/aromatic N) is 1. The van der Waals surface area contributed by atoms with Crippen molar-refractivity contribution in [1.29, 1.82) is 5.26 Å². The summed E-state index contributed by atoms with van der Waals surface area (Å²) in [7, 11) is 0. The van der Waals surface area contributed by atoms with Crippen molar-refractivity contribution in [3.05, 3.63) is 33.5 Å². The molecule has 0 spiro atoms. The summed E-state index contributed by atoms with van der Waals surface area (Å²) in [6.07, 6.45) is 0.968. The minimum absolute atomic E-state index is 0.123. The van der Waals surface area contributed by atoms with Crippen molar-refractivity contribution in [2.75, 3.05) is 0 Å². The molecule has 0 fully saturated rings. The molecule has 0 aliphatic heterocycles. The lowest BCUT2D eigenvalue weighted by Gasteiger charge is -2.04. The summed E-state index contributed by atoms with van der Waals surface area (Å²) in [6.45, 7) is 2.00. The Bertz CT molecular complexity index is 355. The number of benzene rings is 1. The van der Waals surface area contributed by atoms with E-state index in [1.54, 1.807) is 12.1 Å². The number of hydrogen-bond acceptors (Lipinski definition) is 1. The fourth-order valence-electron chi connectivity index (χ4n) is 1.13. The van der Waals surface area contributed by atoms with E-state index in [1.165, 1.54) is 0 Å². The summed E-state index contributed by atoms with van der Waals surface area (Å²) in [5.74, 6) is -0.321. The lowest BCUT2D eigenvalue weighted by Crippen LogP contribution is -1.93. The molecule has 0 heterocycles. The third kappa shape index (κ3) is 2.28. The van der Waals surface area contributed by atoms with E-state index in [0.29, 0.717) is 10.0 Å². The van der Waals surface area contributed by atoms with Gasteiger partial charge in [-0.2, -0.15) is 5.26 Å². The summed E-state index contributed by atoms with van der Waals surface area (Å²) in [5, 5.41) is 8.47. The number of aryl methyl sites for hydroxylation is 1. The standard InChI is InChI=1S/C10H9BrFN/c1-2-7-5-8(3-4-13)10(12)9(11)6-7/h5-6H,2-3H2,1H3. The average molecular weight is 242 g/mol. The van der Waals surface area contributed by atoms with Crippen molar-refractivity contribution in [3.63, 3.8) is 0 Å². The molecular weight excluding hydrogens is 233 g/mol. The summed E-state index contributed by atoms with van der Waals surface area (Å²) in [6, 6.07) is 5.43. The van der Waals surface area contributed by atoms with Crippen LogP contribution < -0.4 is 0 Å². The molecule has 0 saturated carbocycles. The second-order valence-corrected chi connectivity index (χ2v) is 3.59. The van der Waals surface area contributed by atoms with Gasteiger partial charge in [0, 0.05) is 5.56 Å². The molecule has 1 aromatic carbocycles. The molecule has 3 heteroatoms. The van der Waals surface area contributed by atoms with Gasteiger partial charge < -0.3 is 0 Å². The van der Waals surface area contributed by atoms with E-state index in [-0.39, 0.29) is 12.2 Å². The van der Waals surface area contributed by atoms with Crippen LogP contribution in [-0.4, -0.2) is 0 Å². The zero-order valence-corrected chi connectivity index (χ0v) is 8.86. The Kier molecular flexibility index (Phi) is 3.44. The Hall–Kier alpha value is -0.880. The Labute approximate surface area is 85.3 Å². The van der Waals surface area contributed by atoms with Crippen LogP contribution in [0.5, 0.6) is 0 Å². The van der Waals surface area contributed by atoms with E-state index >= 15 is 0 Å². The Balaban J connectivity index is 3.18. The maximum absolute atomic E-state index is 13.3. The molecule has 0 aliphatic carbocycles. The molecule has 0 amide bonds. The first-order valence-electron chi connectivity index (χ1n) is 4.02. The van der Waals surface area contributed by atoms with Crippen molar-refractivity contribution in [1.82, 2.24) is 0 Å². The van der Waals surface area contributed by atoms with Crippen molar-refractivity contribution in [2.24, 2.45) is 0 Å². The molecule has 0 saturated heterocycles. The first-order chi connectivity index (χ1) is 6.19. The van der Waals surface area contributed by atoms with E-state index in [9.17, 15) is 4.39 Å². The quantitative estimate of drug-likeness (QED) is 0.781. The van der Waals surface area contributed by atoms with E-state index in [1.807, 2.05) is 13.0 Å². The molecule has 0 aliphatic rings. The maximum atomic E-state index is 13.3. The van der Waals surface area contributed by atoms with E-state index in [2.05, 4.69) is 15.9 Å². The van der Waals surface area contributed by atoms with Crippen LogP contribution in [-0.2, 0) is 12.8 Å². The van der Waals surface area contributed by atoms with Gasteiger partial charge in [-0.05, 0) is 34.0 Å². The molecule has 13 heavy (non-hydrogen) atoms. The summed E-state index contributed by atoms with van der Waals surface area (Å²) in [5.41, 5.74) is 1.51. The van der Waals surface area contributed by atoms with Gasteiger partial charge in [-0.1, -0.05) is 13.0 Å². The van der Waals surface area contributed by atoms with Crippen LogP contribution in [0, 0.1) is 17.1 Å². The van der Waals surface area contributed by atoms with Crippen molar-refractivity contribution >= 4 is 15.9 Å². The van der Waals surface area contributed by atoms with Crippen LogP contribution in [0.2, 0.25) is 0 Å². The summed E-state index contributed by atoms with van der Waals surface area (Å²) < 4.78 is 13.7.